The monoisotopic (exact) mass is 274 g/mol. The molecule has 2 rings (SSSR count). The highest BCUT2D eigenvalue weighted by Crippen LogP contribution is 2.29. The molecule has 1 aromatic carbocycles. The van der Waals surface area contributed by atoms with Crippen molar-refractivity contribution in [2.24, 2.45) is 11.1 Å². The maximum atomic E-state index is 5.80. The predicted octanol–water partition coefficient (Wildman–Crippen LogP) is 3.81. The Balaban J connectivity index is 1.73. The fourth-order valence-corrected chi connectivity index (χ4v) is 2.67. The van der Waals surface area contributed by atoms with Gasteiger partial charge in [0.15, 0.2) is 0 Å². The first-order valence-electron chi connectivity index (χ1n) is 8.09. The van der Waals surface area contributed by atoms with E-state index in [0.29, 0.717) is 5.41 Å². The third kappa shape index (κ3) is 5.26. The van der Waals surface area contributed by atoms with Crippen molar-refractivity contribution in [1.82, 2.24) is 4.90 Å². The number of nitrogens with zero attached hydrogens (tertiary/aromatic N) is 1. The number of hydrogen-bond donors (Lipinski definition) is 1. The van der Waals surface area contributed by atoms with E-state index in [1.54, 1.807) is 0 Å². The molecule has 2 heteroatoms. The van der Waals surface area contributed by atoms with Crippen LogP contribution in [0.15, 0.2) is 30.3 Å². The van der Waals surface area contributed by atoms with Crippen LogP contribution in [0.1, 0.15) is 51.5 Å². The van der Waals surface area contributed by atoms with Gasteiger partial charge in [-0.1, -0.05) is 50.6 Å². The molecule has 0 atom stereocenters. The molecule has 2 nitrogen and oxygen atoms in total. The molecule has 1 aromatic rings. The first kappa shape index (κ1) is 15.5. The van der Waals surface area contributed by atoms with E-state index in [1.807, 2.05) is 0 Å². The van der Waals surface area contributed by atoms with Crippen LogP contribution >= 0.6 is 0 Å². The lowest BCUT2D eigenvalue weighted by Gasteiger charge is -2.25. The van der Waals surface area contributed by atoms with E-state index < -0.39 is 0 Å². The van der Waals surface area contributed by atoms with Crippen LogP contribution in [-0.2, 0) is 6.54 Å². The number of unbranched alkanes of at least 4 members (excludes halogenated alkanes) is 1. The van der Waals surface area contributed by atoms with Gasteiger partial charge in [-0.3, -0.25) is 4.90 Å². The minimum atomic E-state index is 0.309. The molecule has 1 saturated carbocycles. The zero-order chi connectivity index (χ0) is 14.4. The van der Waals surface area contributed by atoms with Crippen molar-refractivity contribution in [2.45, 2.75) is 58.5 Å². The highest BCUT2D eigenvalue weighted by atomic mass is 15.2. The van der Waals surface area contributed by atoms with Crippen LogP contribution < -0.4 is 5.73 Å². The maximum Gasteiger partial charge on any atom is 0.0236 e. The molecule has 0 bridgehead atoms. The third-order valence-electron chi connectivity index (χ3n) is 4.39. The molecule has 20 heavy (non-hydrogen) atoms. The molecule has 0 unspecified atom stereocenters. The van der Waals surface area contributed by atoms with Crippen LogP contribution in [0, 0.1) is 5.41 Å². The Bertz CT molecular complexity index is 382. The van der Waals surface area contributed by atoms with Gasteiger partial charge in [-0.25, -0.2) is 0 Å². The molecule has 0 radical (unpaired) electrons. The minimum absolute atomic E-state index is 0.309. The Hall–Kier alpha value is -0.860. The number of nitrogens with two attached hydrogens (primary N) is 1. The molecule has 0 spiro atoms. The van der Waals surface area contributed by atoms with Crippen molar-refractivity contribution >= 4 is 0 Å². The zero-order valence-corrected chi connectivity index (χ0v) is 13.1. The van der Waals surface area contributed by atoms with Crippen LogP contribution in [-0.4, -0.2) is 24.0 Å². The first-order valence-corrected chi connectivity index (χ1v) is 8.09. The SMILES string of the molecule is CC(C)(CN)CCCCN(Cc1ccccc1)C1CC1. The lowest BCUT2D eigenvalue weighted by atomic mass is 9.87. The molecule has 0 aromatic heterocycles. The summed E-state index contributed by atoms with van der Waals surface area (Å²) in [5.41, 5.74) is 7.55. The molecule has 0 amide bonds. The van der Waals surface area contributed by atoms with Crippen molar-refractivity contribution in [3.05, 3.63) is 35.9 Å². The van der Waals surface area contributed by atoms with E-state index in [9.17, 15) is 0 Å². The highest BCUT2D eigenvalue weighted by molar-refractivity contribution is 5.14. The van der Waals surface area contributed by atoms with E-state index >= 15 is 0 Å². The van der Waals surface area contributed by atoms with Crippen LogP contribution in [0.5, 0.6) is 0 Å². The molecule has 1 aliphatic rings. The van der Waals surface area contributed by atoms with Gasteiger partial charge >= 0.3 is 0 Å². The van der Waals surface area contributed by atoms with Gasteiger partial charge in [0.05, 0.1) is 0 Å². The Morgan fingerprint density at radius 3 is 2.45 bits per heavy atom. The van der Waals surface area contributed by atoms with Crippen molar-refractivity contribution in [1.29, 1.82) is 0 Å². The van der Waals surface area contributed by atoms with Crippen molar-refractivity contribution in [3.8, 4) is 0 Å². The Kier molecular flexibility index (Phi) is 5.62. The molecule has 2 N–H and O–H groups in total. The predicted molar refractivity (Wildman–Crippen MR) is 86.6 cm³/mol. The van der Waals surface area contributed by atoms with Crippen LogP contribution in [0.2, 0.25) is 0 Å². The molecule has 0 heterocycles. The van der Waals surface area contributed by atoms with E-state index in [0.717, 1.165) is 19.1 Å². The second kappa shape index (κ2) is 7.24. The van der Waals surface area contributed by atoms with Crippen molar-refractivity contribution in [3.63, 3.8) is 0 Å². The topological polar surface area (TPSA) is 29.3 Å². The van der Waals surface area contributed by atoms with E-state index in [-0.39, 0.29) is 0 Å². The normalized spacial score (nSPS) is 15.8. The van der Waals surface area contributed by atoms with Gasteiger partial charge in [0.1, 0.15) is 0 Å². The van der Waals surface area contributed by atoms with Gasteiger partial charge in [0, 0.05) is 12.6 Å². The van der Waals surface area contributed by atoms with E-state index in [4.69, 9.17) is 5.73 Å². The minimum Gasteiger partial charge on any atom is -0.330 e. The Labute approximate surface area is 124 Å². The van der Waals surface area contributed by atoms with Gasteiger partial charge in [-0.2, -0.15) is 0 Å². The zero-order valence-electron chi connectivity index (χ0n) is 13.1. The Morgan fingerprint density at radius 2 is 1.85 bits per heavy atom. The highest BCUT2D eigenvalue weighted by Gasteiger charge is 2.28. The van der Waals surface area contributed by atoms with Crippen molar-refractivity contribution < 1.29 is 0 Å². The lowest BCUT2D eigenvalue weighted by molar-refractivity contribution is 0.239. The van der Waals surface area contributed by atoms with Gasteiger partial charge < -0.3 is 5.73 Å². The quantitative estimate of drug-likeness (QED) is 0.694. The maximum absolute atomic E-state index is 5.80. The molecular formula is C18H30N2. The summed E-state index contributed by atoms with van der Waals surface area (Å²) in [7, 11) is 0. The summed E-state index contributed by atoms with van der Waals surface area (Å²) in [6.45, 7) is 7.70. The van der Waals surface area contributed by atoms with Gasteiger partial charge in [-0.15, -0.1) is 0 Å². The molecule has 1 aliphatic carbocycles. The third-order valence-corrected chi connectivity index (χ3v) is 4.39. The molecular weight excluding hydrogens is 244 g/mol. The summed E-state index contributed by atoms with van der Waals surface area (Å²) in [4.78, 5) is 2.67. The number of benzene rings is 1. The smallest absolute Gasteiger partial charge is 0.0236 e. The lowest BCUT2D eigenvalue weighted by Crippen LogP contribution is -2.27. The van der Waals surface area contributed by atoms with Crippen LogP contribution in [0.3, 0.4) is 0 Å². The van der Waals surface area contributed by atoms with Crippen molar-refractivity contribution in [2.75, 3.05) is 13.1 Å². The average molecular weight is 274 g/mol. The Morgan fingerprint density at radius 1 is 1.15 bits per heavy atom. The fraction of sp³-hybridized carbons (Fsp3) is 0.667. The summed E-state index contributed by atoms with van der Waals surface area (Å²) < 4.78 is 0. The standard InChI is InChI=1S/C18H30N2/c1-18(2,15-19)12-6-7-13-20(17-10-11-17)14-16-8-4-3-5-9-16/h3-5,8-9,17H,6-7,10-15,19H2,1-2H3. The summed E-state index contributed by atoms with van der Waals surface area (Å²) in [6, 6.07) is 11.7. The van der Waals surface area contributed by atoms with Gasteiger partial charge in [0.2, 0.25) is 0 Å². The number of rotatable bonds is 9. The summed E-state index contributed by atoms with van der Waals surface area (Å²) in [5.74, 6) is 0. The largest absolute Gasteiger partial charge is 0.330 e. The summed E-state index contributed by atoms with van der Waals surface area (Å²) in [5, 5.41) is 0. The summed E-state index contributed by atoms with van der Waals surface area (Å²) >= 11 is 0. The summed E-state index contributed by atoms with van der Waals surface area (Å²) in [6.07, 6.45) is 6.62. The molecule has 112 valence electrons. The van der Waals surface area contributed by atoms with Crippen LogP contribution in [0.25, 0.3) is 0 Å². The number of hydrogen-bond acceptors (Lipinski definition) is 2. The second-order valence-electron chi connectivity index (χ2n) is 7.01. The van der Waals surface area contributed by atoms with Crippen LogP contribution in [0.4, 0.5) is 0 Å². The molecule has 0 aliphatic heterocycles. The van der Waals surface area contributed by atoms with E-state index in [1.165, 1.54) is 44.2 Å². The van der Waals surface area contributed by atoms with Gasteiger partial charge in [-0.05, 0) is 49.8 Å². The average Bonchev–Trinajstić information content (AvgIpc) is 3.28. The molecule has 1 fully saturated rings. The van der Waals surface area contributed by atoms with E-state index in [2.05, 4.69) is 49.1 Å². The van der Waals surface area contributed by atoms with Gasteiger partial charge in [0.25, 0.3) is 0 Å². The second-order valence-corrected chi connectivity index (χ2v) is 7.01. The first-order chi connectivity index (χ1) is 9.61. The molecule has 0 saturated heterocycles. The fourth-order valence-electron chi connectivity index (χ4n) is 2.67.